The fourth-order valence-corrected chi connectivity index (χ4v) is 4.39. The van der Waals surface area contributed by atoms with Crippen molar-refractivity contribution in [2.75, 3.05) is 26.2 Å². The second-order valence-corrected chi connectivity index (χ2v) is 7.83. The number of piperazine rings is 1. The molecule has 1 aliphatic heterocycles. The zero-order chi connectivity index (χ0) is 18.8. The quantitative estimate of drug-likeness (QED) is 0.680. The van der Waals surface area contributed by atoms with Gasteiger partial charge >= 0.3 is 5.69 Å². The molecule has 0 unspecified atom stereocenters. The third-order valence-corrected chi connectivity index (χ3v) is 5.96. The van der Waals surface area contributed by atoms with E-state index < -0.39 is 0 Å². The average Bonchev–Trinajstić information content (AvgIpc) is 3.32. The Labute approximate surface area is 162 Å². The third kappa shape index (κ3) is 3.44. The maximum Gasteiger partial charge on any atom is 0.330 e. The molecule has 1 amide bonds. The molecule has 0 bridgehead atoms. The molecule has 1 saturated heterocycles. The van der Waals surface area contributed by atoms with Gasteiger partial charge in [-0.15, -0.1) is 11.3 Å². The van der Waals surface area contributed by atoms with Crippen molar-refractivity contribution in [3.8, 4) is 0 Å². The van der Waals surface area contributed by atoms with Gasteiger partial charge in [0, 0.05) is 32.7 Å². The number of benzene rings is 1. The first kappa shape index (κ1) is 18.0. The Hall–Kier alpha value is -2.38. The standard InChI is InChI=1S/C20H24N4O2S/c1-2-9-23-16-6-3-4-7-17(16)24(20(23)26)15-21-10-12-22(13-11-21)19(25)18-8-5-14-27-18/h3-8,14H,2,9-13,15H2,1H3. The number of aryl methyl sites for hydroxylation is 1. The summed E-state index contributed by atoms with van der Waals surface area (Å²) in [7, 11) is 0. The summed E-state index contributed by atoms with van der Waals surface area (Å²) in [6.07, 6.45) is 0.928. The lowest BCUT2D eigenvalue weighted by Crippen LogP contribution is -2.49. The number of hydrogen-bond acceptors (Lipinski definition) is 4. The highest BCUT2D eigenvalue weighted by atomic mass is 32.1. The monoisotopic (exact) mass is 384 g/mol. The zero-order valence-corrected chi connectivity index (χ0v) is 16.3. The lowest BCUT2D eigenvalue weighted by Gasteiger charge is -2.34. The second kappa shape index (κ2) is 7.70. The van der Waals surface area contributed by atoms with E-state index in [4.69, 9.17) is 0 Å². The highest BCUT2D eigenvalue weighted by Crippen LogP contribution is 2.16. The minimum absolute atomic E-state index is 0.0511. The Bertz CT molecular complexity index is 981. The normalized spacial score (nSPS) is 15.5. The van der Waals surface area contributed by atoms with Crippen LogP contribution in [0.15, 0.2) is 46.6 Å². The van der Waals surface area contributed by atoms with E-state index in [1.807, 2.05) is 55.8 Å². The molecule has 3 aromatic rings. The second-order valence-electron chi connectivity index (χ2n) is 6.88. The Morgan fingerprint density at radius 3 is 2.33 bits per heavy atom. The number of carbonyl (C=O) groups excluding carboxylic acids is 1. The molecule has 1 aliphatic rings. The van der Waals surface area contributed by atoms with Crippen LogP contribution >= 0.6 is 11.3 Å². The van der Waals surface area contributed by atoms with Gasteiger partial charge in [-0.3, -0.25) is 18.8 Å². The predicted octanol–water partition coefficient (Wildman–Crippen LogP) is 2.69. The molecular formula is C20H24N4O2S. The smallest absolute Gasteiger partial charge is 0.330 e. The van der Waals surface area contributed by atoms with Crippen LogP contribution in [-0.4, -0.2) is 51.0 Å². The third-order valence-electron chi connectivity index (χ3n) is 5.11. The summed E-state index contributed by atoms with van der Waals surface area (Å²) in [6.45, 7) is 6.32. The molecular weight excluding hydrogens is 360 g/mol. The van der Waals surface area contributed by atoms with Crippen LogP contribution in [0.2, 0.25) is 0 Å². The van der Waals surface area contributed by atoms with Crippen molar-refractivity contribution in [2.24, 2.45) is 0 Å². The van der Waals surface area contributed by atoms with E-state index >= 15 is 0 Å². The van der Waals surface area contributed by atoms with Crippen LogP contribution in [0, 0.1) is 0 Å². The number of carbonyl (C=O) groups is 1. The molecule has 0 spiro atoms. The van der Waals surface area contributed by atoms with Crippen LogP contribution in [0.5, 0.6) is 0 Å². The van der Waals surface area contributed by atoms with Crippen LogP contribution in [0.4, 0.5) is 0 Å². The minimum atomic E-state index is 0.0511. The van der Waals surface area contributed by atoms with Gasteiger partial charge in [-0.25, -0.2) is 4.79 Å². The minimum Gasteiger partial charge on any atom is -0.335 e. The first-order valence-corrected chi connectivity index (χ1v) is 10.3. The highest BCUT2D eigenvalue weighted by molar-refractivity contribution is 7.12. The summed E-state index contributed by atoms with van der Waals surface area (Å²) in [5, 5.41) is 1.93. The van der Waals surface area contributed by atoms with E-state index in [1.54, 1.807) is 0 Å². The Balaban J connectivity index is 1.49. The van der Waals surface area contributed by atoms with E-state index in [9.17, 15) is 9.59 Å². The van der Waals surface area contributed by atoms with Gasteiger partial charge in [0.05, 0.1) is 22.6 Å². The van der Waals surface area contributed by atoms with Crippen molar-refractivity contribution < 1.29 is 4.79 Å². The summed E-state index contributed by atoms with van der Waals surface area (Å²) >= 11 is 1.49. The molecule has 0 N–H and O–H groups in total. The van der Waals surface area contributed by atoms with Gasteiger partial charge in [-0.1, -0.05) is 25.1 Å². The number of hydrogen-bond donors (Lipinski definition) is 0. The maximum atomic E-state index is 12.9. The number of aromatic nitrogens is 2. The van der Waals surface area contributed by atoms with Crippen molar-refractivity contribution >= 4 is 28.3 Å². The molecule has 142 valence electrons. The van der Waals surface area contributed by atoms with Crippen molar-refractivity contribution in [1.29, 1.82) is 0 Å². The summed E-state index contributed by atoms with van der Waals surface area (Å²) < 4.78 is 3.73. The number of amides is 1. The highest BCUT2D eigenvalue weighted by Gasteiger charge is 2.24. The van der Waals surface area contributed by atoms with E-state index in [-0.39, 0.29) is 11.6 Å². The lowest BCUT2D eigenvalue weighted by atomic mass is 10.3. The molecule has 2 aromatic heterocycles. The van der Waals surface area contributed by atoms with Crippen LogP contribution in [0.3, 0.4) is 0 Å². The number of fused-ring (bicyclic) bond motifs is 1. The van der Waals surface area contributed by atoms with Crippen LogP contribution < -0.4 is 5.69 Å². The molecule has 0 atom stereocenters. The molecule has 1 aromatic carbocycles. The lowest BCUT2D eigenvalue weighted by molar-refractivity contribution is 0.0599. The van der Waals surface area contributed by atoms with Gasteiger partial charge in [-0.05, 0) is 30.0 Å². The summed E-state index contributed by atoms with van der Waals surface area (Å²) in [6, 6.07) is 11.8. The molecule has 27 heavy (non-hydrogen) atoms. The van der Waals surface area contributed by atoms with Gasteiger partial charge in [0.25, 0.3) is 5.91 Å². The molecule has 1 fully saturated rings. The van der Waals surface area contributed by atoms with E-state index in [2.05, 4.69) is 11.8 Å². The van der Waals surface area contributed by atoms with Crippen molar-refractivity contribution in [3.63, 3.8) is 0 Å². The van der Waals surface area contributed by atoms with Gasteiger partial charge in [-0.2, -0.15) is 0 Å². The first-order valence-electron chi connectivity index (χ1n) is 9.42. The molecule has 0 aliphatic carbocycles. The largest absolute Gasteiger partial charge is 0.335 e. The Kier molecular flexibility index (Phi) is 5.13. The van der Waals surface area contributed by atoms with E-state index in [0.29, 0.717) is 19.8 Å². The van der Waals surface area contributed by atoms with E-state index in [0.717, 1.165) is 42.0 Å². The SMILES string of the molecule is CCCn1c(=O)n(CN2CCN(C(=O)c3cccs3)CC2)c2ccccc21. The van der Waals surface area contributed by atoms with Gasteiger partial charge in [0.1, 0.15) is 0 Å². The summed E-state index contributed by atoms with van der Waals surface area (Å²) in [5.41, 5.74) is 2.03. The summed E-state index contributed by atoms with van der Waals surface area (Å²) in [5.74, 6) is 0.112. The number of para-hydroxylation sites is 2. The number of nitrogens with zero attached hydrogens (tertiary/aromatic N) is 4. The molecule has 0 radical (unpaired) electrons. The van der Waals surface area contributed by atoms with Crippen molar-refractivity contribution in [1.82, 2.24) is 18.9 Å². The number of thiophene rings is 1. The zero-order valence-electron chi connectivity index (χ0n) is 15.5. The Morgan fingerprint density at radius 1 is 1.00 bits per heavy atom. The predicted molar refractivity (Wildman–Crippen MR) is 108 cm³/mol. The van der Waals surface area contributed by atoms with Crippen molar-refractivity contribution in [2.45, 2.75) is 26.6 Å². The van der Waals surface area contributed by atoms with Gasteiger partial charge < -0.3 is 4.90 Å². The van der Waals surface area contributed by atoms with E-state index in [1.165, 1.54) is 11.3 Å². The molecule has 7 heteroatoms. The maximum absolute atomic E-state index is 12.9. The van der Waals surface area contributed by atoms with Gasteiger partial charge in [0.2, 0.25) is 0 Å². The number of rotatable bonds is 5. The molecule has 6 nitrogen and oxygen atoms in total. The molecule has 3 heterocycles. The van der Waals surface area contributed by atoms with Crippen LogP contribution in [0.1, 0.15) is 23.0 Å². The van der Waals surface area contributed by atoms with Crippen molar-refractivity contribution in [3.05, 3.63) is 57.1 Å². The van der Waals surface area contributed by atoms with Crippen LogP contribution in [-0.2, 0) is 13.2 Å². The summed E-state index contributed by atoms with van der Waals surface area (Å²) in [4.78, 5) is 30.4. The van der Waals surface area contributed by atoms with Crippen LogP contribution in [0.25, 0.3) is 11.0 Å². The first-order chi connectivity index (χ1) is 13.2. The van der Waals surface area contributed by atoms with Gasteiger partial charge in [0.15, 0.2) is 0 Å². The fourth-order valence-electron chi connectivity index (χ4n) is 3.70. The fraction of sp³-hybridized carbons (Fsp3) is 0.400. The topological polar surface area (TPSA) is 50.5 Å². The number of imidazole rings is 1. The molecule has 4 rings (SSSR count). The Morgan fingerprint density at radius 2 is 1.70 bits per heavy atom. The molecule has 0 saturated carbocycles. The average molecular weight is 385 g/mol.